The molecule has 0 unspecified atom stereocenters. The summed E-state index contributed by atoms with van der Waals surface area (Å²) in [4.78, 5) is 23.8. The SMILES string of the molecule is CCN(C)C(=O)COc1cc(F)ccc1C(=O)O. The molecule has 5 nitrogen and oxygen atoms in total. The average Bonchev–Trinajstić information content (AvgIpc) is 2.34. The fraction of sp³-hybridized carbons (Fsp3) is 0.333. The van der Waals surface area contributed by atoms with E-state index >= 15 is 0 Å². The van der Waals surface area contributed by atoms with Crippen LogP contribution in [0.25, 0.3) is 0 Å². The van der Waals surface area contributed by atoms with Gasteiger partial charge >= 0.3 is 5.97 Å². The van der Waals surface area contributed by atoms with Crippen LogP contribution in [0.3, 0.4) is 0 Å². The smallest absolute Gasteiger partial charge is 0.339 e. The summed E-state index contributed by atoms with van der Waals surface area (Å²) in [6.07, 6.45) is 0. The molecule has 1 aromatic carbocycles. The molecule has 0 aliphatic carbocycles. The van der Waals surface area contributed by atoms with Crippen LogP contribution in [0, 0.1) is 5.82 Å². The van der Waals surface area contributed by atoms with Gasteiger partial charge in [0.05, 0.1) is 0 Å². The third-order valence-electron chi connectivity index (χ3n) is 2.43. The molecule has 0 saturated carbocycles. The minimum Gasteiger partial charge on any atom is -0.483 e. The highest BCUT2D eigenvalue weighted by Crippen LogP contribution is 2.20. The van der Waals surface area contributed by atoms with Crippen molar-refractivity contribution in [3.63, 3.8) is 0 Å². The van der Waals surface area contributed by atoms with Crippen LogP contribution in [0.5, 0.6) is 5.75 Å². The predicted octanol–water partition coefficient (Wildman–Crippen LogP) is 1.38. The zero-order valence-electron chi connectivity index (χ0n) is 10.1. The summed E-state index contributed by atoms with van der Waals surface area (Å²) in [7, 11) is 1.59. The number of carbonyl (C=O) groups is 2. The summed E-state index contributed by atoms with van der Waals surface area (Å²) in [6.45, 7) is 1.98. The number of benzene rings is 1. The second-order valence-corrected chi connectivity index (χ2v) is 3.64. The van der Waals surface area contributed by atoms with Gasteiger partial charge in [-0.1, -0.05) is 0 Å². The first-order valence-electron chi connectivity index (χ1n) is 5.35. The number of carboxylic acids is 1. The summed E-state index contributed by atoms with van der Waals surface area (Å²) in [5, 5.41) is 8.88. The number of hydrogen-bond donors (Lipinski definition) is 1. The highest BCUT2D eigenvalue weighted by Gasteiger charge is 2.14. The Morgan fingerprint density at radius 3 is 2.67 bits per heavy atom. The number of hydrogen-bond acceptors (Lipinski definition) is 3. The Hall–Kier alpha value is -2.11. The molecule has 0 aliphatic heterocycles. The standard InChI is InChI=1S/C12H14FNO4/c1-3-14(2)11(15)7-18-10-6-8(13)4-5-9(10)12(16)17/h4-6H,3,7H2,1-2H3,(H,16,17). The number of carbonyl (C=O) groups excluding carboxylic acids is 1. The molecule has 0 fully saturated rings. The number of ether oxygens (including phenoxy) is 1. The number of rotatable bonds is 5. The van der Waals surface area contributed by atoms with Crippen LogP contribution < -0.4 is 4.74 Å². The van der Waals surface area contributed by atoms with Crippen molar-refractivity contribution in [2.24, 2.45) is 0 Å². The van der Waals surface area contributed by atoms with Crippen molar-refractivity contribution in [1.82, 2.24) is 4.90 Å². The first kappa shape index (κ1) is 14.0. The lowest BCUT2D eigenvalue weighted by atomic mass is 10.2. The molecule has 0 spiro atoms. The Morgan fingerprint density at radius 1 is 1.44 bits per heavy atom. The van der Waals surface area contributed by atoms with Gasteiger partial charge in [0.25, 0.3) is 5.91 Å². The normalized spacial score (nSPS) is 9.94. The van der Waals surface area contributed by atoms with Gasteiger partial charge in [-0.25, -0.2) is 9.18 Å². The maximum absolute atomic E-state index is 13.0. The molecule has 0 saturated heterocycles. The molecular weight excluding hydrogens is 241 g/mol. The summed E-state index contributed by atoms with van der Waals surface area (Å²) in [5.41, 5.74) is -0.177. The lowest BCUT2D eigenvalue weighted by Gasteiger charge is -2.15. The predicted molar refractivity (Wildman–Crippen MR) is 62.2 cm³/mol. The highest BCUT2D eigenvalue weighted by molar-refractivity contribution is 5.91. The van der Waals surface area contributed by atoms with Crippen molar-refractivity contribution in [3.8, 4) is 5.75 Å². The van der Waals surface area contributed by atoms with E-state index in [1.807, 2.05) is 0 Å². The minimum atomic E-state index is -1.23. The third-order valence-corrected chi connectivity index (χ3v) is 2.43. The number of aromatic carboxylic acids is 1. The topological polar surface area (TPSA) is 66.8 Å². The summed E-state index contributed by atoms with van der Waals surface area (Å²) in [5.74, 6) is -2.31. The van der Waals surface area contributed by atoms with Crippen LogP contribution in [0.4, 0.5) is 4.39 Å². The zero-order chi connectivity index (χ0) is 13.7. The van der Waals surface area contributed by atoms with Crippen molar-refractivity contribution < 1.29 is 23.8 Å². The number of halogens is 1. The largest absolute Gasteiger partial charge is 0.483 e. The maximum Gasteiger partial charge on any atom is 0.339 e. The van der Waals surface area contributed by atoms with E-state index in [1.54, 1.807) is 14.0 Å². The molecule has 0 bridgehead atoms. The molecule has 0 radical (unpaired) electrons. The van der Waals surface area contributed by atoms with E-state index in [1.165, 1.54) is 4.90 Å². The Kier molecular flexibility index (Phi) is 4.65. The molecule has 18 heavy (non-hydrogen) atoms. The lowest BCUT2D eigenvalue weighted by Crippen LogP contribution is -2.31. The first-order chi connectivity index (χ1) is 8.45. The Balaban J connectivity index is 2.81. The molecule has 98 valence electrons. The summed E-state index contributed by atoms with van der Waals surface area (Å²) in [6, 6.07) is 3.07. The summed E-state index contributed by atoms with van der Waals surface area (Å²) >= 11 is 0. The van der Waals surface area contributed by atoms with Gasteiger partial charge in [-0.05, 0) is 19.1 Å². The first-order valence-corrected chi connectivity index (χ1v) is 5.35. The lowest BCUT2D eigenvalue weighted by molar-refractivity contribution is -0.131. The van der Waals surface area contributed by atoms with E-state index in [4.69, 9.17) is 9.84 Å². The van der Waals surface area contributed by atoms with E-state index in [0.717, 1.165) is 18.2 Å². The van der Waals surface area contributed by atoms with Crippen LogP contribution in [-0.4, -0.2) is 42.1 Å². The van der Waals surface area contributed by atoms with Gasteiger partial charge in [0.1, 0.15) is 17.1 Å². The monoisotopic (exact) mass is 255 g/mol. The third kappa shape index (κ3) is 3.44. The summed E-state index contributed by atoms with van der Waals surface area (Å²) < 4.78 is 18.0. The molecule has 0 atom stereocenters. The van der Waals surface area contributed by atoms with E-state index in [0.29, 0.717) is 6.54 Å². The molecule has 1 rings (SSSR count). The Labute approximate surface area is 104 Å². The molecule has 1 aromatic rings. The quantitative estimate of drug-likeness (QED) is 0.863. The fourth-order valence-corrected chi connectivity index (χ4v) is 1.22. The van der Waals surface area contributed by atoms with Gasteiger partial charge in [-0.15, -0.1) is 0 Å². The number of amides is 1. The van der Waals surface area contributed by atoms with Crippen LogP contribution >= 0.6 is 0 Å². The van der Waals surface area contributed by atoms with Gasteiger partial charge in [0.15, 0.2) is 6.61 Å². The number of likely N-dealkylation sites (N-methyl/N-ethyl adjacent to an activating group) is 1. The van der Waals surface area contributed by atoms with Crippen LogP contribution in [-0.2, 0) is 4.79 Å². The molecule has 1 amide bonds. The van der Waals surface area contributed by atoms with Crippen LogP contribution in [0.2, 0.25) is 0 Å². The molecular formula is C12H14FNO4. The second kappa shape index (κ2) is 6.00. The van der Waals surface area contributed by atoms with E-state index in [2.05, 4.69) is 0 Å². The zero-order valence-corrected chi connectivity index (χ0v) is 10.1. The van der Waals surface area contributed by atoms with Crippen molar-refractivity contribution >= 4 is 11.9 Å². The van der Waals surface area contributed by atoms with Crippen molar-refractivity contribution in [2.75, 3.05) is 20.2 Å². The maximum atomic E-state index is 13.0. The van der Waals surface area contributed by atoms with Crippen molar-refractivity contribution in [1.29, 1.82) is 0 Å². The van der Waals surface area contributed by atoms with Crippen molar-refractivity contribution in [3.05, 3.63) is 29.6 Å². The minimum absolute atomic E-state index is 0.152. The highest BCUT2D eigenvalue weighted by atomic mass is 19.1. The fourth-order valence-electron chi connectivity index (χ4n) is 1.22. The van der Waals surface area contributed by atoms with Gasteiger partial charge < -0.3 is 14.7 Å². The van der Waals surface area contributed by atoms with E-state index in [9.17, 15) is 14.0 Å². The Morgan fingerprint density at radius 2 is 2.11 bits per heavy atom. The second-order valence-electron chi connectivity index (χ2n) is 3.64. The van der Waals surface area contributed by atoms with Gasteiger partial charge in [0.2, 0.25) is 0 Å². The average molecular weight is 255 g/mol. The molecule has 6 heteroatoms. The van der Waals surface area contributed by atoms with Crippen molar-refractivity contribution in [2.45, 2.75) is 6.92 Å². The number of carboxylic acid groups (broad SMARTS) is 1. The van der Waals surface area contributed by atoms with Gasteiger partial charge in [0, 0.05) is 19.7 Å². The Bertz CT molecular complexity index is 461. The molecule has 0 aliphatic rings. The van der Waals surface area contributed by atoms with Gasteiger partial charge in [-0.3, -0.25) is 4.79 Å². The molecule has 0 heterocycles. The van der Waals surface area contributed by atoms with Crippen LogP contribution in [0.15, 0.2) is 18.2 Å². The van der Waals surface area contributed by atoms with E-state index < -0.39 is 11.8 Å². The number of nitrogens with zero attached hydrogens (tertiary/aromatic N) is 1. The molecule has 1 N–H and O–H groups in total. The van der Waals surface area contributed by atoms with E-state index in [-0.39, 0.29) is 23.8 Å². The van der Waals surface area contributed by atoms with Crippen LogP contribution in [0.1, 0.15) is 17.3 Å². The van der Waals surface area contributed by atoms with Gasteiger partial charge in [-0.2, -0.15) is 0 Å². The molecule has 0 aromatic heterocycles.